The van der Waals surface area contributed by atoms with E-state index in [0.717, 1.165) is 6.92 Å². The molecule has 0 saturated heterocycles. The van der Waals surface area contributed by atoms with Crippen LogP contribution in [-0.2, 0) is 28.4 Å². The van der Waals surface area contributed by atoms with Crippen LogP contribution in [0, 0.1) is 0 Å². The number of benzene rings is 2. The van der Waals surface area contributed by atoms with Gasteiger partial charge in [-0.3, -0.25) is 0 Å². The minimum atomic E-state index is -5.21. The summed E-state index contributed by atoms with van der Waals surface area (Å²) in [4.78, 5) is 11.4. The van der Waals surface area contributed by atoms with Gasteiger partial charge in [0.05, 0.1) is 33.0 Å². The number of sulfone groups is 1. The average Bonchev–Trinajstić information content (AvgIpc) is 2.65. The molecule has 15 heteroatoms. The van der Waals surface area contributed by atoms with Gasteiger partial charge in [-0.05, 0) is 36.4 Å². The third-order valence-electron chi connectivity index (χ3n) is 4.12. The van der Waals surface area contributed by atoms with Gasteiger partial charge in [-0.1, -0.05) is 6.92 Å². The average molecular weight is 508 g/mol. The van der Waals surface area contributed by atoms with Gasteiger partial charge in [0.1, 0.15) is 0 Å². The normalized spacial score (nSPS) is 13.0. The fourth-order valence-corrected chi connectivity index (χ4v) is 3.57. The smallest absolute Gasteiger partial charge is 0.308 e. The van der Waals surface area contributed by atoms with Crippen molar-refractivity contribution in [3.05, 3.63) is 53.1 Å². The number of carbonyl (C=O) groups excluding carboxylic acids is 1. The lowest BCUT2D eigenvalue weighted by molar-refractivity contribution is -0.143. The van der Waals surface area contributed by atoms with Gasteiger partial charge in [-0.15, -0.1) is 0 Å². The molecule has 0 radical (unpaired) electrons. The van der Waals surface area contributed by atoms with E-state index >= 15 is 0 Å². The largest absolute Gasteiger partial charge is 0.416 e. The molecule has 2 rings (SSSR count). The van der Waals surface area contributed by atoms with Gasteiger partial charge in [0.25, 0.3) is 0 Å². The Bertz CT molecular complexity index is 1120. The van der Waals surface area contributed by atoms with Crippen molar-refractivity contribution in [2.75, 3.05) is 16.4 Å². The van der Waals surface area contributed by atoms with Crippen LogP contribution in [0.2, 0.25) is 0 Å². The molecule has 0 unspecified atom stereocenters. The van der Waals surface area contributed by atoms with E-state index in [4.69, 9.17) is 0 Å². The zero-order valence-electron chi connectivity index (χ0n) is 16.2. The lowest BCUT2D eigenvalue weighted by Gasteiger charge is -2.17. The number of hydrogen-bond donors (Lipinski definition) is 2. The highest BCUT2D eigenvalue weighted by atomic mass is 32.2. The van der Waals surface area contributed by atoms with E-state index in [9.17, 15) is 52.7 Å². The van der Waals surface area contributed by atoms with Crippen molar-refractivity contribution < 1.29 is 52.7 Å². The van der Waals surface area contributed by atoms with E-state index in [2.05, 4.69) is 0 Å². The molecule has 0 heterocycles. The van der Waals surface area contributed by atoms with E-state index in [0.29, 0.717) is 12.1 Å². The number of halogens is 9. The summed E-state index contributed by atoms with van der Waals surface area (Å²) < 4.78 is 141. The second-order valence-electron chi connectivity index (χ2n) is 6.49. The van der Waals surface area contributed by atoms with E-state index in [1.54, 1.807) is 10.6 Å². The predicted octanol–water partition coefficient (Wildman–Crippen LogP) is 6.18. The number of amides is 2. The van der Waals surface area contributed by atoms with Crippen molar-refractivity contribution in [3.8, 4) is 0 Å². The van der Waals surface area contributed by atoms with E-state index in [1.807, 2.05) is 0 Å². The highest BCUT2D eigenvalue weighted by Gasteiger charge is 2.37. The Morgan fingerprint density at radius 1 is 0.758 bits per heavy atom. The van der Waals surface area contributed by atoms with Crippen molar-refractivity contribution in [2.24, 2.45) is 0 Å². The first-order valence-electron chi connectivity index (χ1n) is 8.66. The molecular formula is C18H13F9N2O3S. The van der Waals surface area contributed by atoms with Gasteiger partial charge >= 0.3 is 24.6 Å². The molecule has 33 heavy (non-hydrogen) atoms. The van der Waals surface area contributed by atoms with E-state index < -0.39 is 73.1 Å². The molecule has 2 aromatic carbocycles. The molecular weight excluding hydrogens is 495 g/mol. The summed E-state index contributed by atoms with van der Waals surface area (Å²) >= 11 is 0. The predicted molar refractivity (Wildman–Crippen MR) is 98.3 cm³/mol. The molecule has 0 aromatic heterocycles. The number of anilines is 2. The summed E-state index contributed by atoms with van der Waals surface area (Å²) in [6, 6.07) is -0.140. The van der Waals surface area contributed by atoms with Gasteiger partial charge < -0.3 is 10.6 Å². The second-order valence-corrected chi connectivity index (χ2v) is 8.73. The highest BCUT2D eigenvalue weighted by molar-refractivity contribution is 7.91. The van der Waals surface area contributed by atoms with Crippen LogP contribution in [0.4, 0.5) is 55.7 Å². The molecule has 2 aromatic rings. The number of rotatable bonds is 4. The molecule has 0 spiro atoms. The topological polar surface area (TPSA) is 75.3 Å². The zero-order chi connectivity index (χ0) is 25.4. The summed E-state index contributed by atoms with van der Waals surface area (Å²) in [7, 11) is -4.17. The Hall–Kier alpha value is -2.97. The second kappa shape index (κ2) is 8.76. The third-order valence-corrected chi connectivity index (χ3v) is 5.90. The van der Waals surface area contributed by atoms with Crippen LogP contribution < -0.4 is 10.6 Å². The molecule has 0 fully saturated rings. The van der Waals surface area contributed by atoms with Crippen LogP contribution in [0.25, 0.3) is 0 Å². The highest BCUT2D eigenvalue weighted by Crippen LogP contribution is 2.38. The summed E-state index contributed by atoms with van der Waals surface area (Å²) in [6.07, 6.45) is -15.4. The molecule has 0 aliphatic heterocycles. The summed E-state index contributed by atoms with van der Waals surface area (Å²) in [6.45, 7) is 1.16. The standard InChI is InChI=1S/C18H13F9N2O3S/c1-2-33(31,32)14-4-3-9(16(19,20)21)8-13(14)29-15(30)28-12-6-10(17(22,23)24)5-11(7-12)18(25,26)27/h3-8H,2H2,1H3,(H2,28,29,30). The first kappa shape index (κ1) is 26.3. The molecule has 2 N–H and O–H groups in total. The number of hydrogen-bond acceptors (Lipinski definition) is 3. The van der Waals surface area contributed by atoms with Crippen molar-refractivity contribution in [2.45, 2.75) is 30.3 Å². The number of carbonyl (C=O) groups is 1. The molecule has 182 valence electrons. The summed E-state index contributed by atoms with van der Waals surface area (Å²) in [5, 5.41) is 3.38. The minimum Gasteiger partial charge on any atom is -0.308 e. The molecule has 0 aliphatic carbocycles. The van der Waals surface area contributed by atoms with Crippen molar-refractivity contribution in [3.63, 3.8) is 0 Å². The first-order valence-corrected chi connectivity index (χ1v) is 10.3. The SMILES string of the molecule is CCS(=O)(=O)c1ccc(C(F)(F)F)cc1NC(=O)Nc1cc(C(F)(F)F)cc(C(F)(F)F)c1. The van der Waals surface area contributed by atoms with Gasteiger partial charge in [-0.2, -0.15) is 39.5 Å². The molecule has 0 aliphatic rings. The van der Waals surface area contributed by atoms with Crippen LogP contribution >= 0.6 is 0 Å². The van der Waals surface area contributed by atoms with Crippen molar-refractivity contribution in [1.82, 2.24) is 0 Å². The maximum Gasteiger partial charge on any atom is 0.416 e. The Balaban J connectivity index is 2.47. The summed E-state index contributed by atoms with van der Waals surface area (Å²) in [5.74, 6) is -0.572. The Morgan fingerprint density at radius 2 is 1.24 bits per heavy atom. The lowest BCUT2D eigenvalue weighted by Crippen LogP contribution is -2.23. The molecule has 0 saturated carbocycles. The lowest BCUT2D eigenvalue weighted by atomic mass is 10.1. The van der Waals surface area contributed by atoms with Crippen LogP contribution in [0.15, 0.2) is 41.3 Å². The van der Waals surface area contributed by atoms with Gasteiger partial charge in [0.15, 0.2) is 9.84 Å². The fraction of sp³-hybridized carbons (Fsp3) is 0.278. The minimum absolute atomic E-state index is 0.171. The van der Waals surface area contributed by atoms with Crippen LogP contribution in [0.5, 0.6) is 0 Å². The number of nitrogens with one attached hydrogen (secondary N) is 2. The van der Waals surface area contributed by atoms with E-state index in [-0.39, 0.29) is 24.3 Å². The molecule has 0 atom stereocenters. The van der Waals surface area contributed by atoms with Gasteiger partial charge in [0.2, 0.25) is 0 Å². The maximum absolute atomic E-state index is 13.0. The maximum atomic E-state index is 13.0. The molecule has 2 amide bonds. The molecule has 0 bridgehead atoms. The van der Waals surface area contributed by atoms with Crippen LogP contribution in [0.3, 0.4) is 0 Å². The third kappa shape index (κ3) is 6.52. The van der Waals surface area contributed by atoms with Gasteiger partial charge in [0, 0.05) is 5.69 Å². The Kier molecular flexibility index (Phi) is 6.98. The quantitative estimate of drug-likeness (QED) is 0.485. The van der Waals surface area contributed by atoms with Crippen LogP contribution in [0.1, 0.15) is 23.6 Å². The van der Waals surface area contributed by atoms with E-state index in [1.165, 1.54) is 0 Å². The Morgan fingerprint density at radius 3 is 1.67 bits per heavy atom. The molecule has 5 nitrogen and oxygen atoms in total. The number of urea groups is 1. The summed E-state index contributed by atoms with van der Waals surface area (Å²) in [5.41, 5.74) is -6.71. The first-order chi connectivity index (χ1) is 14.8. The number of alkyl halides is 9. The van der Waals surface area contributed by atoms with Crippen LogP contribution in [-0.4, -0.2) is 20.2 Å². The van der Waals surface area contributed by atoms with Gasteiger partial charge in [-0.25, -0.2) is 13.2 Å². The monoisotopic (exact) mass is 508 g/mol. The van der Waals surface area contributed by atoms with Crippen molar-refractivity contribution >= 4 is 27.2 Å². The fourth-order valence-electron chi connectivity index (χ4n) is 2.54. The Labute approximate surface area is 180 Å². The van der Waals surface area contributed by atoms with Crippen molar-refractivity contribution in [1.29, 1.82) is 0 Å². The zero-order valence-corrected chi connectivity index (χ0v) is 17.0.